The second kappa shape index (κ2) is 16.0. The summed E-state index contributed by atoms with van der Waals surface area (Å²) in [5.74, 6) is -0.268. The third-order valence-corrected chi connectivity index (χ3v) is 8.82. The van der Waals surface area contributed by atoms with Crippen LogP contribution in [0, 0.1) is 6.92 Å². The van der Waals surface area contributed by atoms with Gasteiger partial charge in [-0.3, -0.25) is 23.9 Å². The number of esters is 2. The van der Waals surface area contributed by atoms with E-state index in [4.69, 9.17) is 28.8 Å². The van der Waals surface area contributed by atoms with Crippen LogP contribution in [0.5, 0.6) is 11.5 Å². The van der Waals surface area contributed by atoms with Crippen LogP contribution < -0.4 is 20.7 Å². The third kappa shape index (κ3) is 7.49. The van der Waals surface area contributed by atoms with Gasteiger partial charge >= 0.3 is 17.6 Å². The number of H-pyrrole nitrogens is 1. The van der Waals surface area contributed by atoms with Crippen LogP contribution in [0.25, 0.3) is 0 Å². The van der Waals surface area contributed by atoms with Crippen molar-refractivity contribution in [1.82, 2.24) is 9.55 Å². The third-order valence-electron chi connectivity index (χ3n) is 8.82. The van der Waals surface area contributed by atoms with Crippen molar-refractivity contribution >= 4 is 11.9 Å². The number of methoxy groups -OCH3 is 2. The number of ether oxygens (including phenoxy) is 5. The van der Waals surface area contributed by atoms with E-state index in [1.54, 1.807) is 38.5 Å². The second-order valence-corrected chi connectivity index (χ2v) is 11.8. The molecule has 50 heavy (non-hydrogen) atoms. The number of aliphatic hydroxyl groups is 2. The number of nitrogens with one attached hydrogen (secondary N) is 1. The molecule has 4 atom stereocenters. The standard InChI is InChI=1S/C37H40N2O11/c1-23-22-39(36(45)38-35(23)44)30-21-29(49-32(42)18-17-31(41)48-20-19-40)33(50-30)34(43)37(24-7-5-4-6-8-24,25-9-13-27(46-2)14-10-25)26-11-15-28(47-3)16-12-26/h4-16,22,29-30,33-34,40,43H,17-21H2,1-3H3,(H,38,44,45)/t29-,30+,33-,34?/m0/s1. The summed E-state index contributed by atoms with van der Waals surface area (Å²) in [4.78, 5) is 52.7. The lowest BCUT2D eigenvalue weighted by Gasteiger charge is -2.43. The van der Waals surface area contributed by atoms with Crippen molar-refractivity contribution in [1.29, 1.82) is 0 Å². The van der Waals surface area contributed by atoms with Crippen molar-refractivity contribution in [2.75, 3.05) is 27.4 Å². The van der Waals surface area contributed by atoms with Crippen LogP contribution in [-0.4, -0.2) is 77.4 Å². The maximum absolute atomic E-state index is 13.2. The molecule has 1 aliphatic rings. The van der Waals surface area contributed by atoms with Crippen LogP contribution in [0.3, 0.4) is 0 Å². The van der Waals surface area contributed by atoms with Crippen LogP contribution in [-0.2, 0) is 29.2 Å². The normalized spacial score (nSPS) is 17.9. The molecular formula is C37H40N2O11. The fraction of sp³-hybridized carbons (Fsp3) is 0.351. The average Bonchev–Trinajstić information content (AvgIpc) is 3.55. The number of hydrogen-bond acceptors (Lipinski definition) is 11. The Morgan fingerprint density at radius 1 is 0.900 bits per heavy atom. The summed E-state index contributed by atoms with van der Waals surface area (Å²) >= 11 is 0. The van der Waals surface area contributed by atoms with Crippen molar-refractivity contribution < 1.29 is 43.5 Å². The Kier molecular flexibility index (Phi) is 11.5. The van der Waals surface area contributed by atoms with Crippen LogP contribution in [0.1, 0.15) is 47.7 Å². The fourth-order valence-electron chi connectivity index (χ4n) is 6.36. The van der Waals surface area contributed by atoms with Gasteiger partial charge in [-0.2, -0.15) is 0 Å². The average molecular weight is 689 g/mol. The molecule has 2 heterocycles. The van der Waals surface area contributed by atoms with Gasteiger partial charge in [-0.25, -0.2) is 4.79 Å². The predicted octanol–water partition coefficient (Wildman–Crippen LogP) is 2.77. The van der Waals surface area contributed by atoms with Crippen molar-refractivity contribution in [3.63, 3.8) is 0 Å². The molecule has 4 aromatic rings. The molecule has 0 amide bonds. The van der Waals surface area contributed by atoms with E-state index in [0.29, 0.717) is 28.2 Å². The summed E-state index contributed by atoms with van der Waals surface area (Å²) < 4.78 is 29.3. The quantitative estimate of drug-likeness (QED) is 0.131. The van der Waals surface area contributed by atoms with Crippen molar-refractivity contribution in [2.24, 2.45) is 0 Å². The van der Waals surface area contributed by atoms with E-state index >= 15 is 0 Å². The summed E-state index contributed by atoms with van der Waals surface area (Å²) in [6, 6.07) is 23.7. The Labute approximate surface area is 288 Å². The van der Waals surface area contributed by atoms with Crippen LogP contribution in [0.4, 0.5) is 0 Å². The molecule has 1 aromatic heterocycles. The summed E-state index contributed by atoms with van der Waals surface area (Å²) in [6.07, 6.45) is -4.23. The lowest BCUT2D eigenvalue weighted by Crippen LogP contribution is -2.52. The molecule has 264 valence electrons. The first-order valence-corrected chi connectivity index (χ1v) is 16.1. The molecule has 0 saturated carbocycles. The molecule has 1 aliphatic heterocycles. The minimum absolute atomic E-state index is 0.0656. The van der Waals surface area contributed by atoms with Gasteiger partial charge in [0.15, 0.2) is 0 Å². The number of aromatic nitrogens is 2. The SMILES string of the molecule is COc1ccc(C(c2ccccc2)(c2ccc(OC)cc2)C(O)[C@H]2O[C@@H](n3cc(C)c(=O)[nH]c3=O)C[C@@H]2OC(=O)CCC(=O)OCCO)cc1. The number of carbonyl (C=O) groups excluding carboxylic acids is 2. The lowest BCUT2D eigenvalue weighted by atomic mass is 9.64. The van der Waals surface area contributed by atoms with Gasteiger partial charge in [-0.1, -0.05) is 54.6 Å². The first-order chi connectivity index (χ1) is 24.1. The highest BCUT2D eigenvalue weighted by molar-refractivity contribution is 5.77. The first-order valence-electron chi connectivity index (χ1n) is 16.1. The largest absolute Gasteiger partial charge is 0.497 e. The molecule has 1 unspecified atom stereocenters. The smallest absolute Gasteiger partial charge is 0.330 e. The number of aliphatic hydroxyl groups excluding tert-OH is 2. The van der Waals surface area contributed by atoms with Gasteiger partial charge in [-0.15, -0.1) is 0 Å². The van der Waals surface area contributed by atoms with Gasteiger partial charge < -0.3 is 33.9 Å². The number of hydrogen-bond donors (Lipinski definition) is 3. The minimum Gasteiger partial charge on any atom is -0.497 e. The van der Waals surface area contributed by atoms with Gasteiger partial charge in [0.2, 0.25) is 0 Å². The summed E-state index contributed by atoms with van der Waals surface area (Å²) in [5.41, 5.74) is -0.405. The van der Waals surface area contributed by atoms with E-state index in [1.165, 1.54) is 17.7 Å². The summed E-state index contributed by atoms with van der Waals surface area (Å²) in [6.45, 7) is 0.981. The monoisotopic (exact) mass is 688 g/mol. The summed E-state index contributed by atoms with van der Waals surface area (Å²) in [7, 11) is 3.10. The van der Waals surface area contributed by atoms with Crippen LogP contribution in [0.2, 0.25) is 0 Å². The molecule has 0 aliphatic carbocycles. The van der Waals surface area contributed by atoms with Crippen LogP contribution >= 0.6 is 0 Å². The van der Waals surface area contributed by atoms with Gasteiger partial charge in [0.1, 0.15) is 42.6 Å². The number of rotatable bonds is 14. The first kappa shape index (κ1) is 36.1. The van der Waals surface area contributed by atoms with E-state index in [-0.39, 0.29) is 38.0 Å². The summed E-state index contributed by atoms with van der Waals surface area (Å²) in [5, 5.41) is 21.8. The topological polar surface area (TPSA) is 176 Å². The van der Waals surface area contributed by atoms with Gasteiger partial charge in [0.25, 0.3) is 5.56 Å². The van der Waals surface area contributed by atoms with Gasteiger partial charge in [0.05, 0.1) is 39.1 Å². The molecular weight excluding hydrogens is 648 g/mol. The Balaban J connectivity index is 1.64. The van der Waals surface area contributed by atoms with E-state index in [9.17, 15) is 24.3 Å². The maximum atomic E-state index is 13.2. The van der Waals surface area contributed by atoms with E-state index in [1.807, 2.05) is 54.6 Å². The Morgan fingerprint density at radius 2 is 1.46 bits per heavy atom. The van der Waals surface area contributed by atoms with Crippen molar-refractivity contribution in [3.8, 4) is 11.5 Å². The molecule has 5 rings (SSSR count). The number of carbonyl (C=O) groups is 2. The second-order valence-electron chi connectivity index (χ2n) is 11.8. The van der Waals surface area contributed by atoms with Gasteiger partial charge in [0, 0.05) is 18.2 Å². The highest BCUT2D eigenvalue weighted by atomic mass is 16.6. The predicted molar refractivity (Wildman–Crippen MR) is 180 cm³/mol. The fourth-order valence-corrected chi connectivity index (χ4v) is 6.36. The molecule has 3 aromatic carbocycles. The van der Waals surface area contributed by atoms with Crippen molar-refractivity contribution in [3.05, 3.63) is 128 Å². The van der Waals surface area contributed by atoms with Crippen LogP contribution in [0.15, 0.2) is 94.6 Å². The Hall–Kier alpha value is -5.24. The van der Waals surface area contributed by atoms with Gasteiger partial charge in [-0.05, 0) is 47.9 Å². The molecule has 1 fully saturated rings. The molecule has 0 bridgehead atoms. The molecule has 3 N–H and O–H groups in total. The zero-order valence-corrected chi connectivity index (χ0v) is 27.9. The number of aryl methyl sites for hydroxylation is 1. The highest BCUT2D eigenvalue weighted by Crippen LogP contribution is 2.47. The maximum Gasteiger partial charge on any atom is 0.330 e. The van der Waals surface area contributed by atoms with E-state index in [0.717, 1.165) is 0 Å². The number of benzene rings is 3. The van der Waals surface area contributed by atoms with Crippen molar-refractivity contribution in [2.45, 2.75) is 56.1 Å². The molecule has 1 saturated heterocycles. The highest BCUT2D eigenvalue weighted by Gasteiger charge is 2.53. The molecule has 0 spiro atoms. The molecule has 13 heteroatoms. The zero-order chi connectivity index (χ0) is 35.8. The Bertz CT molecular complexity index is 1820. The minimum atomic E-state index is -1.47. The molecule has 0 radical (unpaired) electrons. The molecule has 13 nitrogen and oxygen atoms in total. The lowest BCUT2D eigenvalue weighted by molar-refractivity contribution is -0.160. The zero-order valence-electron chi connectivity index (χ0n) is 27.9. The Morgan fingerprint density at radius 3 is 2.02 bits per heavy atom. The number of aromatic amines is 1. The van der Waals surface area contributed by atoms with E-state index in [2.05, 4.69) is 4.98 Å². The number of nitrogens with zero attached hydrogens (tertiary/aromatic N) is 1. The van der Waals surface area contributed by atoms with E-state index < -0.39 is 53.1 Å².